The quantitative estimate of drug-likeness (QED) is 0.770. The van der Waals surface area contributed by atoms with Crippen LogP contribution in [-0.4, -0.2) is 31.4 Å². The summed E-state index contributed by atoms with van der Waals surface area (Å²) >= 11 is 0. The third kappa shape index (κ3) is 3.81. The lowest BCUT2D eigenvalue weighted by atomic mass is 10.3. The van der Waals surface area contributed by atoms with Crippen molar-refractivity contribution in [3.63, 3.8) is 0 Å². The van der Waals surface area contributed by atoms with Crippen LogP contribution in [0.1, 0.15) is 0 Å². The van der Waals surface area contributed by atoms with Gasteiger partial charge in [0.1, 0.15) is 18.5 Å². The molecule has 1 atom stereocenters. The van der Waals surface area contributed by atoms with Gasteiger partial charge in [-0.3, -0.25) is 0 Å². The summed E-state index contributed by atoms with van der Waals surface area (Å²) in [6.45, 7) is 0.248. The molecule has 0 bridgehead atoms. The van der Waals surface area contributed by atoms with Gasteiger partial charge in [-0.1, -0.05) is 0 Å². The molecule has 0 radical (unpaired) electrons. The molecule has 0 heterocycles. The number of rotatable bonds is 5. The number of halogens is 2. The van der Waals surface area contributed by atoms with Crippen molar-refractivity contribution in [2.75, 3.05) is 20.2 Å². The van der Waals surface area contributed by atoms with Gasteiger partial charge in [-0.2, -0.15) is 0 Å². The summed E-state index contributed by atoms with van der Waals surface area (Å²) in [5.41, 5.74) is 0. The Morgan fingerprint density at radius 3 is 2.87 bits per heavy atom. The molecular formula is C10H13F2NO2. The first-order chi connectivity index (χ1) is 7.13. The molecule has 0 spiro atoms. The van der Waals surface area contributed by atoms with Crippen LogP contribution >= 0.6 is 0 Å². The predicted octanol–water partition coefficient (Wildman–Crippen LogP) is 0.924. The van der Waals surface area contributed by atoms with Crippen LogP contribution in [0.5, 0.6) is 5.75 Å². The summed E-state index contributed by atoms with van der Waals surface area (Å²) in [6.07, 6.45) is -0.752. The number of likely N-dealkylation sites (N-methyl/N-ethyl adjacent to an activating group) is 1. The summed E-state index contributed by atoms with van der Waals surface area (Å²) < 4.78 is 30.6. The Bertz CT molecular complexity index is 320. The molecule has 0 saturated heterocycles. The number of benzene rings is 1. The van der Waals surface area contributed by atoms with Crippen molar-refractivity contribution in [3.05, 3.63) is 29.8 Å². The average molecular weight is 217 g/mol. The maximum atomic E-state index is 13.0. The first kappa shape index (κ1) is 11.9. The SMILES string of the molecule is CNCC(O)COc1cc(F)ccc1F. The van der Waals surface area contributed by atoms with Crippen molar-refractivity contribution >= 4 is 0 Å². The zero-order valence-corrected chi connectivity index (χ0v) is 8.34. The molecule has 0 saturated carbocycles. The molecule has 0 aliphatic rings. The second-order valence-electron chi connectivity index (χ2n) is 3.10. The number of ether oxygens (including phenoxy) is 1. The first-order valence-electron chi connectivity index (χ1n) is 4.54. The molecule has 0 aliphatic heterocycles. The fourth-order valence-electron chi connectivity index (χ4n) is 1.07. The fourth-order valence-corrected chi connectivity index (χ4v) is 1.07. The smallest absolute Gasteiger partial charge is 0.165 e. The van der Waals surface area contributed by atoms with Gasteiger partial charge in [-0.25, -0.2) is 8.78 Å². The Labute approximate surface area is 86.7 Å². The predicted molar refractivity (Wildman–Crippen MR) is 51.8 cm³/mol. The van der Waals surface area contributed by atoms with Gasteiger partial charge in [-0.05, 0) is 19.2 Å². The normalized spacial score (nSPS) is 12.5. The zero-order chi connectivity index (χ0) is 11.3. The van der Waals surface area contributed by atoms with Crippen LogP contribution < -0.4 is 10.1 Å². The van der Waals surface area contributed by atoms with Crippen molar-refractivity contribution in [1.82, 2.24) is 5.32 Å². The minimum absolute atomic E-state index is 0.0821. The van der Waals surface area contributed by atoms with Gasteiger partial charge in [0.2, 0.25) is 0 Å². The lowest BCUT2D eigenvalue weighted by molar-refractivity contribution is 0.106. The maximum Gasteiger partial charge on any atom is 0.165 e. The van der Waals surface area contributed by atoms with E-state index in [1.807, 2.05) is 0 Å². The van der Waals surface area contributed by atoms with Gasteiger partial charge < -0.3 is 15.2 Å². The van der Waals surface area contributed by atoms with Crippen molar-refractivity contribution in [2.45, 2.75) is 6.10 Å². The highest BCUT2D eigenvalue weighted by atomic mass is 19.1. The highest BCUT2D eigenvalue weighted by molar-refractivity contribution is 5.24. The van der Waals surface area contributed by atoms with E-state index in [0.717, 1.165) is 18.2 Å². The monoisotopic (exact) mass is 217 g/mol. The number of aliphatic hydroxyl groups excluding tert-OH is 1. The van der Waals surface area contributed by atoms with E-state index in [1.165, 1.54) is 0 Å². The van der Waals surface area contributed by atoms with Crippen LogP contribution in [0.25, 0.3) is 0 Å². The van der Waals surface area contributed by atoms with Crippen molar-refractivity contribution in [3.8, 4) is 5.75 Å². The minimum atomic E-state index is -0.752. The van der Waals surface area contributed by atoms with Crippen molar-refractivity contribution in [1.29, 1.82) is 0 Å². The Kier molecular flexibility index (Phi) is 4.45. The molecule has 84 valence electrons. The number of nitrogens with one attached hydrogen (secondary N) is 1. The van der Waals surface area contributed by atoms with Crippen LogP contribution in [0.2, 0.25) is 0 Å². The highest BCUT2D eigenvalue weighted by Crippen LogP contribution is 2.17. The van der Waals surface area contributed by atoms with Crippen LogP contribution in [-0.2, 0) is 0 Å². The largest absolute Gasteiger partial charge is 0.488 e. The van der Waals surface area contributed by atoms with Gasteiger partial charge in [0, 0.05) is 12.6 Å². The second-order valence-corrected chi connectivity index (χ2v) is 3.10. The Morgan fingerprint density at radius 1 is 1.47 bits per heavy atom. The van der Waals surface area contributed by atoms with Crippen LogP contribution in [0, 0.1) is 11.6 Å². The molecule has 3 nitrogen and oxygen atoms in total. The lowest BCUT2D eigenvalue weighted by Crippen LogP contribution is -2.29. The van der Waals surface area contributed by atoms with Gasteiger partial charge >= 0.3 is 0 Å². The fraction of sp³-hybridized carbons (Fsp3) is 0.400. The topological polar surface area (TPSA) is 41.5 Å². The van der Waals surface area contributed by atoms with E-state index in [2.05, 4.69) is 5.32 Å². The number of hydrogen-bond acceptors (Lipinski definition) is 3. The van der Waals surface area contributed by atoms with Gasteiger partial charge in [0.05, 0.1) is 0 Å². The Balaban J connectivity index is 2.53. The summed E-state index contributed by atoms with van der Waals surface area (Å²) in [5.74, 6) is -1.41. The molecule has 0 aliphatic carbocycles. The third-order valence-electron chi connectivity index (χ3n) is 1.76. The van der Waals surface area contributed by atoms with Gasteiger partial charge in [0.25, 0.3) is 0 Å². The highest BCUT2D eigenvalue weighted by Gasteiger charge is 2.08. The van der Waals surface area contributed by atoms with Gasteiger partial charge in [-0.15, -0.1) is 0 Å². The molecule has 15 heavy (non-hydrogen) atoms. The molecule has 1 aromatic rings. The van der Waals surface area contributed by atoms with E-state index in [0.29, 0.717) is 6.54 Å². The zero-order valence-electron chi connectivity index (χ0n) is 8.34. The van der Waals surface area contributed by atoms with E-state index in [1.54, 1.807) is 7.05 Å². The summed E-state index contributed by atoms with van der Waals surface area (Å²) in [6, 6.07) is 2.93. The summed E-state index contributed by atoms with van der Waals surface area (Å²) in [4.78, 5) is 0. The summed E-state index contributed by atoms with van der Waals surface area (Å²) in [7, 11) is 1.67. The molecule has 0 amide bonds. The Morgan fingerprint density at radius 2 is 2.20 bits per heavy atom. The number of hydrogen-bond donors (Lipinski definition) is 2. The number of aliphatic hydroxyl groups is 1. The molecule has 1 aromatic carbocycles. The standard InChI is InChI=1S/C10H13F2NO2/c1-13-5-8(14)6-15-10-4-7(11)2-3-9(10)12/h2-4,8,13-14H,5-6H2,1H3. The second kappa shape index (κ2) is 5.63. The average Bonchev–Trinajstić information content (AvgIpc) is 2.20. The maximum absolute atomic E-state index is 13.0. The molecule has 0 aromatic heterocycles. The van der Waals surface area contributed by atoms with E-state index < -0.39 is 17.7 Å². The molecular weight excluding hydrogens is 204 g/mol. The summed E-state index contributed by atoms with van der Waals surface area (Å²) in [5, 5.41) is 12.0. The molecule has 5 heteroatoms. The van der Waals surface area contributed by atoms with Crippen molar-refractivity contribution < 1.29 is 18.6 Å². The molecule has 2 N–H and O–H groups in total. The van der Waals surface area contributed by atoms with E-state index >= 15 is 0 Å². The molecule has 1 unspecified atom stereocenters. The molecule has 0 fully saturated rings. The first-order valence-corrected chi connectivity index (χ1v) is 4.54. The van der Waals surface area contributed by atoms with Crippen molar-refractivity contribution in [2.24, 2.45) is 0 Å². The van der Waals surface area contributed by atoms with Crippen LogP contribution in [0.4, 0.5) is 8.78 Å². The minimum Gasteiger partial charge on any atom is -0.488 e. The van der Waals surface area contributed by atoms with Gasteiger partial charge in [0.15, 0.2) is 11.6 Å². The van der Waals surface area contributed by atoms with E-state index in [4.69, 9.17) is 4.74 Å². The lowest BCUT2D eigenvalue weighted by Gasteiger charge is -2.12. The molecule has 1 rings (SSSR count). The van der Waals surface area contributed by atoms with E-state index in [-0.39, 0.29) is 12.4 Å². The Hall–Kier alpha value is -1.20. The van der Waals surface area contributed by atoms with Crippen LogP contribution in [0.3, 0.4) is 0 Å². The third-order valence-corrected chi connectivity index (χ3v) is 1.76. The van der Waals surface area contributed by atoms with Crippen LogP contribution in [0.15, 0.2) is 18.2 Å². The van der Waals surface area contributed by atoms with E-state index in [9.17, 15) is 13.9 Å².